The minimum Gasteiger partial charge on any atom is -0.381 e. The highest BCUT2D eigenvalue weighted by Gasteiger charge is 2.42. The van der Waals surface area contributed by atoms with Crippen molar-refractivity contribution in [3.63, 3.8) is 0 Å². The molecule has 3 heterocycles. The maximum absolute atomic E-state index is 13.1. The lowest BCUT2D eigenvalue weighted by molar-refractivity contribution is -0.147. The van der Waals surface area contributed by atoms with Crippen molar-refractivity contribution in [2.24, 2.45) is 23.7 Å². The maximum atomic E-state index is 13.1. The zero-order valence-corrected chi connectivity index (χ0v) is 14.8. The number of carbonyl (C=O) groups excluding carboxylic acids is 1. The Labute approximate surface area is 149 Å². The average molecular weight is 344 g/mol. The van der Waals surface area contributed by atoms with E-state index in [1.807, 2.05) is 0 Å². The van der Waals surface area contributed by atoms with E-state index in [0.29, 0.717) is 24.3 Å². The summed E-state index contributed by atoms with van der Waals surface area (Å²) in [6.45, 7) is 4.07. The monoisotopic (exact) mass is 344 g/mol. The minimum absolute atomic E-state index is 0.00459. The fraction of sp³-hybridized carbons (Fsp3) is 0.737. The van der Waals surface area contributed by atoms with Crippen LogP contribution in [0.4, 0.5) is 5.95 Å². The molecule has 1 aromatic rings. The first-order chi connectivity index (χ1) is 12.3. The van der Waals surface area contributed by atoms with Crippen molar-refractivity contribution >= 4 is 11.9 Å². The van der Waals surface area contributed by atoms with Crippen molar-refractivity contribution in [3.05, 3.63) is 18.5 Å². The molecule has 0 aromatic carbocycles. The van der Waals surface area contributed by atoms with Gasteiger partial charge >= 0.3 is 0 Å². The predicted octanol–water partition coefficient (Wildman–Crippen LogP) is 2.19. The van der Waals surface area contributed by atoms with E-state index in [2.05, 4.69) is 20.2 Å². The Morgan fingerprint density at radius 1 is 1.16 bits per heavy atom. The van der Waals surface area contributed by atoms with Crippen molar-refractivity contribution in [1.82, 2.24) is 14.9 Å². The topological polar surface area (TPSA) is 67.3 Å². The molecule has 2 saturated heterocycles. The summed E-state index contributed by atoms with van der Waals surface area (Å²) in [4.78, 5) is 23.6. The standard InChI is InChI=1S/C19H28N4O2/c24-18(23-12-16(13-23)14-3-1-4-14)17(15-5-9-25-10-6-15)11-22-19-20-7-2-8-21-19/h2,7-8,14-17H,1,3-6,9-13H2,(H,20,21,22). The highest BCUT2D eigenvalue weighted by Crippen LogP contribution is 2.39. The number of carbonyl (C=O) groups is 1. The lowest BCUT2D eigenvalue weighted by Crippen LogP contribution is -2.57. The molecule has 2 aliphatic heterocycles. The summed E-state index contributed by atoms with van der Waals surface area (Å²) in [5, 5.41) is 3.27. The second-order valence-electron chi connectivity index (χ2n) is 7.70. The van der Waals surface area contributed by atoms with Gasteiger partial charge in [-0.2, -0.15) is 0 Å². The first-order valence-corrected chi connectivity index (χ1v) is 9.68. The smallest absolute Gasteiger partial charge is 0.227 e. The van der Waals surface area contributed by atoms with Gasteiger partial charge in [-0.05, 0) is 36.7 Å². The molecule has 1 unspecified atom stereocenters. The van der Waals surface area contributed by atoms with E-state index < -0.39 is 0 Å². The van der Waals surface area contributed by atoms with E-state index in [9.17, 15) is 4.79 Å². The molecule has 0 spiro atoms. The van der Waals surface area contributed by atoms with E-state index in [-0.39, 0.29) is 5.92 Å². The molecular formula is C19H28N4O2. The summed E-state index contributed by atoms with van der Waals surface area (Å²) in [7, 11) is 0. The third kappa shape index (κ3) is 3.78. The third-order valence-electron chi connectivity index (χ3n) is 6.24. The van der Waals surface area contributed by atoms with Gasteiger partial charge in [0.25, 0.3) is 0 Å². The Morgan fingerprint density at radius 3 is 2.52 bits per heavy atom. The lowest BCUT2D eigenvalue weighted by atomic mass is 9.72. The number of rotatable bonds is 6. The molecule has 0 bridgehead atoms. The second kappa shape index (κ2) is 7.68. The molecule has 1 aliphatic carbocycles. The van der Waals surface area contributed by atoms with Crippen LogP contribution < -0.4 is 5.32 Å². The quantitative estimate of drug-likeness (QED) is 0.857. The van der Waals surface area contributed by atoms with Crippen LogP contribution in [0.2, 0.25) is 0 Å². The highest BCUT2D eigenvalue weighted by molar-refractivity contribution is 5.80. The van der Waals surface area contributed by atoms with Crippen molar-refractivity contribution in [2.45, 2.75) is 32.1 Å². The van der Waals surface area contributed by atoms with Gasteiger partial charge in [0.15, 0.2) is 0 Å². The lowest BCUT2D eigenvalue weighted by Gasteiger charge is -2.48. The Hall–Kier alpha value is -1.69. The van der Waals surface area contributed by atoms with Crippen molar-refractivity contribution in [1.29, 1.82) is 0 Å². The number of aromatic nitrogens is 2. The summed E-state index contributed by atoms with van der Waals surface area (Å²) in [6.07, 6.45) is 9.48. The predicted molar refractivity (Wildman–Crippen MR) is 95.0 cm³/mol. The molecule has 4 rings (SSSR count). The molecule has 1 amide bonds. The van der Waals surface area contributed by atoms with Crippen LogP contribution >= 0.6 is 0 Å². The summed E-state index contributed by atoms with van der Waals surface area (Å²) in [5.41, 5.74) is 0. The molecule has 1 atom stereocenters. The number of hydrogen-bond acceptors (Lipinski definition) is 5. The van der Waals surface area contributed by atoms with Crippen LogP contribution in [-0.2, 0) is 9.53 Å². The molecule has 6 nitrogen and oxygen atoms in total. The van der Waals surface area contributed by atoms with Crippen LogP contribution in [0, 0.1) is 23.7 Å². The largest absolute Gasteiger partial charge is 0.381 e. The molecule has 3 fully saturated rings. The molecule has 3 aliphatic rings. The van der Waals surface area contributed by atoms with E-state index in [1.165, 1.54) is 19.3 Å². The number of likely N-dealkylation sites (tertiary alicyclic amines) is 1. The molecule has 1 aromatic heterocycles. The van der Waals surface area contributed by atoms with Crippen LogP contribution in [0.1, 0.15) is 32.1 Å². The fourth-order valence-corrected chi connectivity index (χ4v) is 4.30. The van der Waals surface area contributed by atoms with Crippen molar-refractivity contribution in [3.8, 4) is 0 Å². The molecule has 0 radical (unpaired) electrons. The van der Waals surface area contributed by atoms with Crippen LogP contribution in [-0.4, -0.2) is 53.6 Å². The molecule has 1 saturated carbocycles. The number of hydrogen-bond donors (Lipinski definition) is 1. The first kappa shape index (κ1) is 16.8. The summed E-state index contributed by atoms with van der Waals surface area (Å²) in [6, 6.07) is 1.80. The van der Waals surface area contributed by atoms with Gasteiger partial charge in [0.2, 0.25) is 11.9 Å². The van der Waals surface area contributed by atoms with Crippen LogP contribution in [0.5, 0.6) is 0 Å². The number of nitrogens with zero attached hydrogens (tertiary/aromatic N) is 3. The van der Waals surface area contributed by atoms with Gasteiger partial charge in [-0.25, -0.2) is 9.97 Å². The fourth-order valence-electron chi connectivity index (χ4n) is 4.30. The van der Waals surface area contributed by atoms with Gasteiger partial charge in [0.1, 0.15) is 0 Å². The molecular weight excluding hydrogens is 316 g/mol. The number of ether oxygens (including phenoxy) is 1. The Bertz CT molecular complexity index is 566. The normalized spacial score (nSPS) is 23.6. The first-order valence-electron chi connectivity index (χ1n) is 9.68. The summed E-state index contributed by atoms with van der Waals surface area (Å²) >= 11 is 0. The summed E-state index contributed by atoms with van der Waals surface area (Å²) in [5.74, 6) is 2.92. The summed E-state index contributed by atoms with van der Waals surface area (Å²) < 4.78 is 5.49. The van der Waals surface area contributed by atoms with Gasteiger partial charge in [-0.3, -0.25) is 4.79 Å². The van der Waals surface area contributed by atoms with Gasteiger partial charge in [-0.15, -0.1) is 0 Å². The van der Waals surface area contributed by atoms with E-state index in [4.69, 9.17) is 4.74 Å². The molecule has 136 valence electrons. The Morgan fingerprint density at radius 2 is 1.88 bits per heavy atom. The van der Waals surface area contributed by atoms with E-state index >= 15 is 0 Å². The van der Waals surface area contributed by atoms with Gasteiger partial charge < -0.3 is 15.0 Å². The molecule has 6 heteroatoms. The second-order valence-corrected chi connectivity index (χ2v) is 7.70. The Balaban J connectivity index is 1.36. The van der Waals surface area contributed by atoms with Crippen LogP contribution in [0.25, 0.3) is 0 Å². The van der Waals surface area contributed by atoms with Gasteiger partial charge in [0.05, 0.1) is 5.92 Å². The number of anilines is 1. The van der Waals surface area contributed by atoms with E-state index in [0.717, 1.165) is 51.0 Å². The minimum atomic E-state index is -0.00459. The third-order valence-corrected chi connectivity index (χ3v) is 6.24. The zero-order chi connectivity index (χ0) is 17.1. The van der Waals surface area contributed by atoms with Crippen LogP contribution in [0.15, 0.2) is 18.5 Å². The zero-order valence-electron chi connectivity index (χ0n) is 14.8. The maximum Gasteiger partial charge on any atom is 0.227 e. The van der Waals surface area contributed by atoms with Gasteiger partial charge in [-0.1, -0.05) is 19.3 Å². The highest BCUT2D eigenvalue weighted by atomic mass is 16.5. The van der Waals surface area contributed by atoms with Gasteiger partial charge in [0, 0.05) is 45.2 Å². The van der Waals surface area contributed by atoms with Crippen LogP contribution in [0.3, 0.4) is 0 Å². The Kier molecular flexibility index (Phi) is 5.15. The number of nitrogens with one attached hydrogen (secondary N) is 1. The number of amides is 1. The molecule has 1 N–H and O–H groups in total. The molecule has 25 heavy (non-hydrogen) atoms. The van der Waals surface area contributed by atoms with Crippen molar-refractivity contribution in [2.75, 3.05) is 38.2 Å². The van der Waals surface area contributed by atoms with E-state index in [1.54, 1.807) is 18.5 Å². The van der Waals surface area contributed by atoms with Crippen molar-refractivity contribution < 1.29 is 9.53 Å². The average Bonchev–Trinajstić information content (AvgIpc) is 2.58. The SMILES string of the molecule is O=C(C(CNc1ncccn1)C1CCOCC1)N1CC(C2CCC2)C1.